The van der Waals surface area contributed by atoms with E-state index < -0.39 is 12.9 Å². The van der Waals surface area contributed by atoms with E-state index in [1.165, 1.54) is 6.07 Å². The van der Waals surface area contributed by atoms with E-state index >= 15 is 0 Å². The summed E-state index contributed by atoms with van der Waals surface area (Å²) in [6, 6.07) is 2.27. The summed E-state index contributed by atoms with van der Waals surface area (Å²) >= 11 is 5.52. The van der Waals surface area contributed by atoms with E-state index in [-0.39, 0.29) is 16.2 Å². The Hall–Kier alpha value is -0.775. The molecule has 0 spiro atoms. The standard InChI is InChI=1S/C6H6BClFNO2/c8-3-1-2-4(9)5(6(3)10)7(11)12/h1-2,11-12H,10H2. The van der Waals surface area contributed by atoms with E-state index in [4.69, 9.17) is 27.4 Å². The van der Waals surface area contributed by atoms with E-state index in [0.717, 1.165) is 6.07 Å². The second kappa shape index (κ2) is 3.31. The molecule has 0 aromatic heterocycles. The van der Waals surface area contributed by atoms with Crippen LogP contribution in [0.1, 0.15) is 0 Å². The molecule has 4 N–H and O–H groups in total. The van der Waals surface area contributed by atoms with E-state index in [1.807, 2.05) is 0 Å². The number of hydrogen-bond donors (Lipinski definition) is 3. The zero-order valence-electron chi connectivity index (χ0n) is 5.96. The van der Waals surface area contributed by atoms with E-state index in [2.05, 4.69) is 0 Å². The van der Waals surface area contributed by atoms with Gasteiger partial charge in [0.25, 0.3) is 0 Å². The van der Waals surface area contributed by atoms with Gasteiger partial charge in [0.1, 0.15) is 5.82 Å². The average Bonchev–Trinajstić information content (AvgIpc) is 1.97. The summed E-state index contributed by atoms with van der Waals surface area (Å²) in [5.74, 6) is -0.785. The van der Waals surface area contributed by atoms with Crippen LogP contribution in [0.3, 0.4) is 0 Å². The summed E-state index contributed by atoms with van der Waals surface area (Å²) in [7, 11) is -1.94. The molecule has 0 atom stereocenters. The van der Waals surface area contributed by atoms with Crippen molar-refractivity contribution >= 4 is 29.9 Å². The summed E-state index contributed by atoms with van der Waals surface area (Å²) in [5, 5.41) is 17.5. The van der Waals surface area contributed by atoms with Crippen LogP contribution in [0.5, 0.6) is 0 Å². The van der Waals surface area contributed by atoms with Gasteiger partial charge in [-0.25, -0.2) is 4.39 Å². The lowest BCUT2D eigenvalue weighted by Crippen LogP contribution is -2.35. The van der Waals surface area contributed by atoms with Gasteiger partial charge in [0.2, 0.25) is 0 Å². The fourth-order valence-corrected chi connectivity index (χ4v) is 1.01. The molecular weight excluding hydrogens is 183 g/mol. The fraction of sp³-hybridized carbons (Fsp3) is 0. The Bertz CT molecular complexity index is 308. The van der Waals surface area contributed by atoms with Crippen molar-refractivity contribution < 1.29 is 14.4 Å². The van der Waals surface area contributed by atoms with Gasteiger partial charge in [0.15, 0.2) is 0 Å². The number of halogens is 2. The van der Waals surface area contributed by atoms with Gasteiger partial charge in [-0.2, -0.15) is 0 Å². The molecule has 1 rings (SSSR count). The quantitative estimate of drug-likeness (QED) is 0.421. The third-order valence-corrected chi connectivity index (χ3v) is 1.77. The molecule has 0 saturated carbocycles. The summed E-state index contributed by atoms with van der Waals surface area (Å²) in [6.45, 7) is 0. The molecule has 0 fully saturated rings. The summed E-state index contributed by atoms with van der Waals surface area (Å²) in [4.78, 5) is 0. The summed E-state index contributed by atoms with van der Waals surface area (Å²) in [6.07, 6.45) is 0. The van der Waals surface area contributed by atoms with Gasteiger partial charge >= 0.3 is 7.12 Å². The first kappa shape index (κ1) is 9.31. The monoisotopic (exact) mass is 189 g/mol. The Morgan fingerprint density at radius 2 is 2.00 bits per heavy atom. The van der Waals surface area contributed by atoms with Gasteiger partial charge in [0, 0.05) is 5.46 Å². The second-order valence-corrected chi connectivity index (χ2v) is 2.64. The molecule has 0 heterocycles. The molecule has 0 radical (unpaired) electrons. The lowest BCUT2D eigenvalue weighted by Gasteiger charge is -2.06. The number of rotatable bonds is 1. The molecule has 0 saturated heterocycles. The average molecular weight is 189 g/mol. The minimum atomic E-state index is -1.94. The Kier molecular flexibility index (Phi) is 2.57. The van der Waals surface area contributed by atoms with Crippen LogP contribution in [0.25, 0.3) is 0 Å². The molecule has 0 bridgehead atoms. The third kappa shape index (κ3) is 1.53. The molecule has 0 aliphatic carbocycles. The van der Waals surface area contributed by atoms with Crippen LogP contribution in [0.15, 0.2) is 12.1 Å². The highest BCUT2D eigenvalue weighted by Gasteiger charge is 2.21. The lowest BCUT2D eigenvalue weighted by atomic mass is 9.78. The van der Waals surface area contributed by atoms with Crippen molar-refractivity contribution in [3.8, 4) is 0 Å². The number of anilines is 1. The molecule has 3 nitrogen and oxygen atoms in total. The number of hydrogen-bond acceptors (Lipinski definition) is 3. The summed E-state index contributed by atoms with van der Waals surface area (Å²) in [5.41, 5.74) is 4.76. The van der Waals surface area contributed by atoms with Crippen molar-refractivity contribution in [2.24, 2.45) is 0 Å². The topological polar surface area (TPSA) is 66.5 Å². The Morgan fingerprint density at radius 1 is 1.42 bits per heavy atom. The maximum atomic E-state index is 12.8. The van der Waals surface area contributed by atoms with Gasteiger partial charge in [-0.15, -0.1) is 0 Å². The molecule has 1 aromatic rings. The van der Waals surface area contributed by atoms with E-state index in [9.17, 15) is 4.39 Å². The zero-order chi connectivity index (χ0) is 9.30. The number of benzene rings is 1. The molecule has 0 aliphatic heterocycles. The summed E-state index contributed by atoms with van der Waals surface area (Å²) < 4.78 is 12.8. The van der Waals surface area contributed by atoms with Crippen LogP contribution in [0.4, 0.5) is 10.1 Å². The normalized spacial score (nSPS) is 10.0. The minimum Gasteiger partial charge on any atom is -0.423 e. The first-order valence-corrected chi connectivity index (χ1v) is 3.51. The third-order valence-electron chi connectivity index (χ3n) is 1.44. The Balaban J connectivity index is 3.33. The van der Waals surface area contributed by atoms with Crippen LogP contribution in [-0.2, 0) is 0 Å². The maximum Gasteiger partial charge on any atom is 0.493 e. The predicted molar refractivity (Wildman–Crippen MR) is 45.6 cm³/mol. The molecule has 1 aromatic carbocycles. The van der Waals surface area contributed by atoms with E-state index in [0.29, 0.717) is 0 Å². The van der Waals surface area contributed by atoms with E-state index in [1.54, 1.807) is 0 Å². The fourth-order valence-electron chi connectivity index (χ4n) is 0.846. The number of nitrogens with two attached hydrogens (primary N) is 1. The largest absolute Gasteiger partial charge is 0.493 e. The Morgan fingerprint density at radius 3 is 2.42 bits per heavy atom. The van der Waals surface area contributed by atoms with Crippen LogP contribution < -0.4 is 11.2 Å². The minimum absolute atomic E-state index is 0.0968. The van der Waals surface area contributed by atoms with Gasteiger partial charge in [0.05, 0.1) is 10.7 Å². The molecule has 64 valence electrons. The molecule has 0 amide bonds. The number of nitrogen functional groups attached to an aromatic ring is 1. The molecule has 6 heteroatoms. The van der Waals surface area contributed by atoms with Crippen molar-refractivity contribution in [2.75, 3.05) is 5.73 Å². The Labute approximate surface area is 73.7 Å². The maximum absolute atomic E-state index is 12.8. The van der Waals surface area contributed by atoms with Crippen molar-refractivity contribution in [3.05, 3.63) is 23.0 Å². The predicted octanol–water partition coefficient (Wildman–Crippen LogP) is -0.259. The van der Waals surface area contributed by atoms with Crippen molar-refractivity contribution in [2.45, 2.75) is 0 Å². The van der Waals surface area contributed by atoms with Gasteiger partial charge < -0.3 is 15.8 Å². The first-order valence-electron chi connectivity index (χ1n) is 3.13. The van der Waals surface area contributed by atoms with Gasteiger partial charge in [-0.05, 0) is 12.1 Å². The second-order valence-electron chi connectivity index (χ2n) is 2.23. The van der Waals surface area contributed by atoms with Crippen LogP contribution >= 0.6 is 11.6 Å². The lowest BCUT2D eigenvalue weighted by molar-refractivity contribution is 0.423. The first-order chi connectivity index (χ1) is 5.54. The van der Waals surface area contributed by atoms with Gasteiger partial charge in [-0.3, -0.25) is 0 Å². The van der Waals surface area contributed by atoms with Crippen LogP contribution in [0, 0.1) is 5.82 Å². The van der Waals surface area contributed by atoms with Crippen molar-refractivity contribution in [3.63, 3.8) is 0 Å². The highest BCUT2D eigenvalue weighted by atomic mass is 35.5. The highest BCUT2D eigenvalue weighted by molar-refractivity contribution is 6.61. The highest BCUT2D eigenvalue weighted by Crippen LogP contribution is 2.16. The van der Waals surface area contributed by atoms with Crippen LogP contribution in [-0.4, -0.2) is 17.2 Å². The molecule has 12 heavy (non-hydrogen) atoms. The van der Waals surface area contributed by atoms with Gasteiger partial charge in [-0.1, -0.05) is 11.6 Å². The van der Waals surface area contributed by atoms with Crippen molar-refractivity contribution in [1.29, 1.82) is 0 Å². The smallest absolute Gasteiger partial charge is 0.423 e. The molecular formula is C6H6BClFNO2. The van der Waals surface area contributed by atoms with Crippen molar-refractivity contribution in [1.82, 2.24) is 0 Å². The SMILES string of the molecule is Nc1c(Cl)ccc(F)c1B(O)O. The van der Waals surface area contributed by atoms with Crippen LogP contribution in [0.2, 0.25) is 5.02 Å². The zero-order valence-corrected chi connectivity index (χ0v) is 6.72. The molecule has 0 aliphatic rings. The molecule has 0 unspecified atom stereocenters.